The molecule has 10 nitrogen and oxygen atoms in total. The number of H-pyrrole nitrogens is 1. The van der Waals surface area contributed by atoms with E-state index >= 15 is 0 Å². The fourth-order valence-corrected chi connectivity index (χ4v) is 5.82. The maximum Gasteiger partial charge on any atom is 0.269 e. The van der Waals surface area contributed by atoms with Crippen molar-refractivity contribution >= 4 is 55.6 Å². The molecule has 1 heterocycles. The van der Waals surface area contributed by atoms with Crippen molar-refractivity contribution in [1.29, 1.82) is 0 Å². The normalized spacial score (nSPS) is 12.1. The van der Waals surface area contributed by atoms with Crippen molar-refractivity contribution in [3.8, 4) is 0 Å². The average Bonchev–Trinajstić information content (AvgIpc) is 3.34. The number of hydrogen-bond acceptors (Lipinski definition) is 6. The molecule has 0 aliphatic carbocycles. The summed E-state index contributed by atoms with van der Waals surface area (Å²) in [6, 6.07) is 25.2. The number of amides is 1. The van der Waals surface area contributed by atoms with Crippen LogP contribution in [0.4, 0.5) is 11.4 Å². The fourth-order valence-electron chi connectivity index (χ4n) is 4.45. The molecule has 212 valence electrons. The fraction of sp³-hybridized carbons (Fsp3) is 0.0667. The second-order valence-corrected chi connectivity index (χ2v) is 11.5. The highest BCUT2D eigenvalue weighted by Gasteiger charge is 2.29. The van der Waals surface area contributed by atoms with E-state index in [4.69, 9.17) is 11.6 Å². The number of aromatic amines is 1. The third-order valence-corrected chi connectivity index (χ3v) is 8.25. The second-order valence-electron chi connectivity index (χ2n) is 9.36. The van der Waals surface area contributed by atoms with Gasteiger partial charge in [-0.15, -0.1) is 0 Å². The number of carbonyl (C=O) groups excluding carboxylic acids is 2. The molecule has 4 aromatic carbocycles. The molecule has 0 unspecified atom stereocenters. The van der Waals surface area contributed by atoms with Gasteiger partial charge < -0.3 is 10.3 Å². The Morgan fingerprint density at radius 3 is 2.19 bits per heavy atom. The van der Waals surface area contributed by atoms with Crippen molar-refractivity contribution in [3.05, 3.63) is 135 Å². The van der Waals surface area contributed by atoms with Gasteiger partial charge in [0.2, 0.25) is 21.7 Å². The Hall–Kier alpha value is -4.84. The lowest BCUT2D eigenvalue weighted by Gasteiger charge is -2.19. The van der Waals surface area contributed by atoms with Gasteiger partial charge in [0.05, 0.1) is 15.5 Å². The number of benzene rings is 4. The molecule has 12 heteroatoms. The Kier molecular flexibility index (Phi) is 8.16. The van der Waals surface area contributed by atoms with E-state index in [0.29, 0.717) is 27.1 Å². The highest BCUT2D eigenvalue weighted by Crippen LogP contribution is 2.32. The molecule has 5 aromatic rings. The van der Waals surface area contributed by atoms with Gasteiger partial charge in [0.25, 0.3) is 5.69 Å². The van der Waals surface area contributed by atoms with Crippen molar-refractivity contribution in [2.24, 2.45) is 0 Å². The molecule has 0 bridgehead atoms. The van der Waals surface area contributed by atoms with Gasteiger partial charge in [0.1, 0.15) is 11.7 Å². The van der Waals surface area contributed by atoms with Crippen molar-refractivity contribution < 1.29 is 22.9 Å². The summed E-state index contributed by atoms with van der Waals surface area (Å²) < 4.78 is 29.0. The van der Waals surface area contributed by atoms with E-state index in [1.54, 1.807) is 78.9 Å². The van der Waals surface area contributed by atoms with E-state index < -0.39 is 26.9 Å². The van der Waals surface area contributed by atoms with Gasteiger partial charge in [-0.2, -0.15) is 4.72 Å². The summed E-state index contributed by atoms with van der Waals surface area (Å²) in [5.74, 6) is -1.11. The molecule has 1 aromatic heterocycles. The zero-order valence-electron chi connectivity index (χ0n) is 21.8. The van der Waals surface area contributed by atoms with E-state index in [9.17, 15) is 28.1 Å². The van der Waals surface area contributed by atoms with Crippen LogP contribution in [0.1, 0.15) is 21.6 Å². The molecule has 5 rings (SSSR count). The van der Waals surface area contributed by atoms with Crippen LogP contribution in [0.15, 0.2) is 108 Å². The Balaban J connectivity index is 1.52. The van der Waals surface area contributed by atoms with E-state index in [1.807, 2.05) is 0 Å². The van der Waals surface area contributed by atoms with Crippen LogP contribution in [-0.2, 0) is 21.2 Å². The molecule has 0 saturated heterocycles. The van der Waals surface area contributed by atoms with Gasteiger partial charge in [-0.05, 0) is 42.3 Å². The number of nitrogens with one attached hydrogen (secondary N) is 3. The topological polar surface area (TPSA) is 151 Å². The van der Waals surface area contributed by atoms with E-state index in [2.05, 4.69) is 15.0 Å². The molecule has 42 heavy (non-hydrogen) atoms. The molecular weight excluding hydrogens is 580 g/mol. The third-order valence-electron chi connectivity index (χ3n) is 6.53. The van der Waals surface area contributed by atoms with Gasteiger partial charge >= 0.3 is 0 Å². The maximum absolute atomic E-state index is 13.8. The quantitative estimate of drug-likeness (QED) is 0.109. The van der Waals surface area contributed by atoms with Crippen LogP contribution in [0.5, 0.6) is 0 Å². The molecule has 1 amide bonds. The molecule has 0 aliphatic heterocycles. The summed E-state index contributed by atoms with van der Waals surface area (Å²) in [6.07, 6.45) is -0.0188. The van der Waals surface area contributed by atoms with Gasteiger partial charge in [-0.1, -0.05) is 72.3 Å². The van der Waals surface area contributed by atoms with E-state index in [0.717, 1.165) is 24.3 Å². The first-order valence-corrected chi connectivity index (χ1v) is 14.5. The lowest BCUT2D eigenvalue weighted by atomic mass is 10.0. The lowest BCUT2D eigenvalue weighted by molar-refractivity contribution is -0.384. The molecule has 3 N–H and O–H groups in total. The van der Waals surface area contributed by atoms with Gasteiger partial charge in [0, 0.05) is 33.6 Å². The molecule has 0 fully saturated rings. The number of aromatic nitrogens is 1. The van der Waals surface area contributed by atoms with Crippen molar-refractivity contribution in [2.45, 2.75) is 17.4 Å². The number of non-ortho nitro benzene ring substituents is 1. The van der Waals surface area contributed by atoms with Crippen LogP contribution >= 0.6 is 11.6 Å². The van der Waals surface area contributed by atoms with E-state index in [-0.39, 0.29) is 34.2 Å². The molecular formula is C30H23ClN4O6S. The average molecular weight is 603 g/mol. The lowest BCUT2D eigenvalue weighted by Crippen LogP contribution is -2.45. The standard InChI is InChI=1S/C30H23ClN4O6S/c31-21-11-16-24-25(18-21)32-28(29(36)20-9-5-2-6-10-20)27(24)33-30(37)26(17-19-7-3-1-4-8-19)34-42(40,41)23-14-12-22(13-15-23)35(38)39/h1-16,18,26,32,34H,17H2,(H,33,37)/t26-/m0/s1. The first-order valence-electron chi connectivity index (χ1n) is 12.6. The summed E-state index contributed by atoms with van der Waals surface area (Å²) in [6.45, 7) is 0. The summed E-state index contributed by atoms with van der Waals surface area (Å²) in [4.78, 5) is 40.5. The van der Waals surface area contributed by atoms with Crippen LogP contribution in [0, 0.1) is 10.1 Å². The number of hydrogen-bond donors (Lipinski definition) is 3. The highest BCUT2D eigenvalue weighted by atomic mass is 35.5. The van der Waals surface area contributed by atoms with Crippen molar-refractivity contribution in [1.82, 2.24) is 9.71 Å². The van der Waals surface area contributed by atoms with Crippen LogP contribution in [-0.4, -0.2) is 36.1 Å². The molecule has 0 aliphatic rings. The number of nitro benzene ring substituents is 1. The minimum atomic E-state index is -4.29. The number of nitrogens with zero attached hydrogens (tertiary/aromatic N) is 1. The monoisotopic (exact) mass is 602 g/mol. The summed E-state index contributed by atoms with van der Waals surface area (Å²) in [7, 11) is -4.29. The van der Waals surface area contributed by atoms with Crippen molar-refractivity contribution in [3.63, 3.8) is 0 Å². The van der Waals surface area contributed by atoms with Crippen LogP contribution in [0.25, 0.3) is 10.9 Å². The first kappa shape index (κ1) is 28.7. The van der Waals surface area contributed by atoms with Gasteiger partial charge in [-0.3, -0.25) is 19.7 Å². The number of fused-ring (bicyclic) bond motifs is 1. The number of rotatable bonds is 10. The Bertz CT molecular complexity index is 1890. The zero-order chi connectivity index (χ0) is 29.9. The highest BCUT2D eigenvalue weighted by molar-refractivity contribution is 7.89. The molecule has 0 spiro atoms. The number of halogens is 1. The second kappa shape index (κ2) is 12.0. The Morgan fingerprint density at radius 1 is 0.905 bits per heavy atom. The zero-order valence-corrected chi connectivity index (χ0v) is 23.4. The van der Waals surface area contributed by atoms with Gasteiger partial charge in [0.15, 0.2) is 0 Å². The maximum atomic E-state index is 13.8. The molecule has 1 atom stereocenters. The predicted molar refractivity (Wildman–Crippen MR) is 159 cm³/mol. The molecule has 0 saturated carbocycles. The minimum Gasteiger partial charge on any atom is -0.350 e. The number of ketones is 1. The van der Waals surface area contributed by atoms with Gasteiger partial charge in [-0.25, -0.2) is 8.42 Å². The van der Waals surface area contributed by atoms with Crippen LogP contribution in [0.2, 0.25) is 5.02 Å². The largest absolute Gasteiger partial charge is 0.350 e. The Morgan fingerprint density at radius 2 is 1.55 bits per heavy atom. The Labute approximate surface area is 245 Å². The summed E-state index contributed by atoms with van der Waals surface area (Å²) in [5.41, 5.74) is 1.56. The predicted octanol–water partition coefficient (Wildman–Crippen LogP) is 5.49. The smallest absolute Gasteiger partial charge is 0.269 e. The summed E-state index contributed by atoms with van der Waals surface area (Å²) >= 11 is 6.17. The summed E-state index contributed by atoms with van der Waals surface area (Å²) in [5, 5.41) is 14.7. The van der Waals surface area contributed by atoms with Crippen LogP contribution in [0.3, 0.4) is 0 Å². The number of nitro groups is 1. The number of anilines is 1. The van der Waals surface area contributed by atoms with Crippen molar-refractivity contribution in [2.75, 3.05) is 5.32 Å². The first-order chi connectivity index (χ1) is 20.1. The van der Waals surface area contributed by atoms with E-state index in [1.165, 1.54) is 0 Å². The van der Waals surface area contributed by atoms with Crippen LogP contribution < -0.4 is 10.0 Å². The third kappa shape index (κ3) is 6.23. The molecule has 0 radical (unpaired) electrons. The minimum absolute atomic E-state index is 0.0188. The number of carbonyl (C=O) groups is 2. The number of sulfonamides is 1. The SMILES string of the molecule is O=C(c1ccccc1)c1[nH]c2cc(Cl)ccc2c1NC(=O)[C@H](Cc1ccccc1)NS(=O)(=O)c1ccc([N+](=O)[O-])cc1.